The monoisotopic (exact) mass is 232 g/mol. The van der Waals surface area contributed by atoms with Crippen molar-refractivity contribution in [1.82, 2.24) is 0 Å². The molecule has 0 unspecified atom stereocenters. The van der Waals surface area contributed by atoms with Crippen molar-refractivity contribution in [1.29, 1.82) is 0 Å². The molecular weight excluding hydrogens is 208 g/mol. The zero-order chi connectivity index (χ0) is 12.3. The Morgan fingerprint density at radius 3 is 2.29 bits per heavy atom. The maximum absolute atomic E-state index is 11.7. The van der Waals surface area contributed by atoms with Crippen LogP contribution >= 0.6 is 0 Å². The number of hydrogen-bond donors (Lipinski definition) is 0. The van der Waals surface area contributed by atoms with Crippen LogP contribution in [-0.4, -0.2) is 5.78 Å². The fourth-order valence-electron chi connectivity index (χ4n) is 1.94. The summed E-state index contributed by atoms with van der Waals surface area (Å²) >= 11 is 0. The van der Waals surface area contributed by atoms with Crippen LogP contribution in [0.2, 0.25) is 0 Å². The summed E-state index contributed by atoms with van der Waals surface area (Å²) in [7, 11) is 0. The third-order valence-corrected chi connectivity index (χ3v) is 3.12. The molecule has 1 nitrogen and oxygen atoms in total. The second-order valence-corrected chi connectivity index (χ2v) is 4.70. The van der Waals surface area contributed by atoms with Crippen molar-refractivity contribution in [2.75, 3.05) is 0 Å². The van der Waals surface area contributed by atoms with E-state index in [1.165, 1.54) is 25.7 Å². The van der Waals surface area contributed by atoms with Gasteiger partial charge >= 0.3 is 0 Å². The zero-order valence-corrected chi connectivity index (χ0v) is 11.0. The van der Waals surface area contributed by atoms with E-state index in [4.69, 9.17) is 0 Å². The van der Waals surface area contributed by atoms with Gasteiger partial charge in [-0.1, -0.05) is 36.8 Å². The van der Waals surface area contributed by atoms with Crippen LogP contribution < -0.4 is 0 Å². The molecular formula is C16H24O. The SMILES string of the molecule is C/C1=C/CCCCC/C=C/C=C\CCCC1=O. The summed E-state index contributed by atoms with van der Waals surface area (Å²) in [5, 5.41) is 0. The molecule has 0 spiro atoms. The van der Waals surface area contributed by atoms with Gasteiger partial charge in [0.15, 0.2) is 5.78 Å². The Labute approximate surface area is 105 Å². The molecule has 0 amide bonds. The van der Waals surface area contributed by atoms with Crippen LogP contribution in [0, 0.1) is 0 Å². The second-order valence-electron chi connectivity index (χ2n) is 4.70. The maximum Gasteiger partial charge on any atom is 0.158 e. The van der Waals surface area contributed by atoms with E-state index in [2.05, 4.69) is 30.4 Å². The number of Topliss-reactive ketones (excluding diaryl/α,β-unsaturated/α-hetero) is 1. The van der Waals surface area contributed by atoms with E-state index < -0.39 is 0 Å². The molecule has 1 heteroatoms. The number of rotatable bonds is 0. The zero-order valence-electron chi connectivity index (χ0n) is 11.0. The molecule has 94 valence electrons. The van der Waals surface area contributed by atoms with Gasteiger partial charge in [-0.3, -0.25) is 4.79 Å². The Morgan fingerprint density at radius 1 is 0.882 bits per heavy atom. The van der Waals surface area contributed by atoms with E-state index >= 15 is 0 Å². The molecule has 0 aliphatic heterocycles. The Hall–Kier alpha value is -1.11. The molecule has 0 atom stereocenters. The smallest absolute Gasteiger partial charge is 0.158 e. The van der Waals surface area contributed by atoms with Gasteiger partial charge in [-0.05, 0) is 51.0 Å². The van der Waals surface area contributed by atoms with Crippen LogP contribution in [0.5, 0.6) is 0 Å². The molecule has 0 aromatic rings. The summed E-state index contributed by atoms with van der Waals surface area (Å²) < 4.78 is 0. The van der Waals surface area contributed by atoms with Gasteiger partial charge in [-0.25, -0.2) is 0 Å². The molecule has 1 rings (SSSR count). The molecule has 0 N–H and O–H groups in total. The normalized spacial score (nSPS) is 27.4. The third-order valence-electron chi connectivity index (χ3n) is 3.12. The minimum absolute atomic E-state index is 0.323. The standard InChI is InChI=1S/C16H24O/c1-15-13-11-9-7-5-3-2-4-6-8-10-12-14-16(15)17/h2,4,6,8,13H,3,5,7,9-12,14H2,1H3/b4-2+,8-6-,15-13-. The second kappa shape index (κ2) is 8.98. The average molecular weight is 232 g/mol. The Bertz CT molecular complexity index is 307. The number of carbonyl (C=O) groups excluding carboxylic acids is 1. The Morgan fingerprint density at radius 2 is 1.53 bits per heavy atom. The quantitative estimate of drug-likeness (QED) is 0.589. The van der Waals surface area contributed by atoms with E-state index in [0.717, 1.165) is 24.8 Å². The fraction of sp³-hybridized carbons (Fsp3) is 0.562. The number of hydrogen-bond acceptors (Lipinski definition) is 1. The van der Waals surface area contributed by atoms with Gasteiger partial charge in [-0.2, -0.15) is 0 Å². The Kier molecular flexibility index (Phi) is 7.37. The summed E-state index contributed by atoms with van der Waals surface area (Å²) in [5.74, 6) is 0.323. The van der Waals surface area contributed by atoms with Crippen LogP contribution in [0.3, 0.4) is 0 Å². The van der Waals surface area contributed by atoms with Crippen molar-refractivity contribution >= 4 is 5.78 Å². The highest BCUT2D eigenvalue weighted by atomic mass is 16.1. The summed E-state index contributed by atoms with van der Waals surface area (Å²) in [6.45, 7) is 1.96. The van der Waals surface area contributed by atoms with Crippen molar-refractivity contribution in [3.05, 3.63) is 36.0 Å². The van der Waals surface area contributed by atoms with Gasteiger partial charge in [0, 0.05) is 6.42 Å². The maximum atomic E-state index is 11.7. The first-order chi connectivity index (χ1) is 8.30. The predicted molar refractivity (Wildman–Crippen MR) is 74.0 cm³/mol. The van der Waals surface area contributed by atoms with E-state index in [9.17, 15) is 4.79 Å². The van der Waals surface area contributed by atoms with Crippen LogP contribution in [-0.2, 0) is 4.79 Å². The molecule has 1 aliphatic rings. The van der Waals surface area contributed by atoms with Gasteiger partial charge in [0.05, 0.1) is 0 Å². The first-order valence-electron chi connectivity index (χ1n) is 6.82. The minimum Gasteiger partial charge on any atom is -0.295 e. The van der Waals surface area contributed by atoms with Gasteiger partial charge in [-0.15, -0.1) is 0 Å². The Balaban J connectivity index is 2.47. The van der Waals surface area contributed by atoms with Gasteiger partial charge in [0.1, 0.15) is 0 Å². The van der Waals surface area contributed by atoms with Crippen LogP contribution in [0.25, 0.3) is 0 Å². The van der Waals surface area contributed by atoms with Crippen molar-refractivity contribution in [2.45, 2.75) is 58.3 Å². The molecule has 0 radical (unpaired) electrons. The molecule has 0 bridgehead atoms. The van der Waals surface area contributed by atoms with E-state index in [0.29, 0.717) is 12.2 Å². The highest BCUT2D eigenvalue weighted by Gasteiger charge is 2.02. The lowest BCUT2D eigenvalue weighted by molar-refractivity contribution is -0.115. The summed E-state index contributed by atoms with van der Waals surface area (Å²) in [4.78, 5) is 11.7. The number of carbonyl (C=O) groups is 1. The summed E-state index contributed by atoms with van der Waals surface area (Å²) in [5.41, 5.74) is 0.960. The molecule has 0 aromatic heterocycles. The molecule has 0 fully saturated rings. The fourth-order valence-corrected chi connectivity index (χ4v) is 1.94. The molecule has 0 aromatic carbocycles. The van der Waals surface area contributed by atoms with E-state index in [1.54, 1.807) is 0 Å². The first kappa shape index (κ1) is 14.0. The van der Waals surface area contributed by atoms with Gasteiger partial charge in [0.2, 0.25) is 0 Å². The third kappa shape index (κ3) is 6.93. The topological polar surface area (TPSA) is 17.1 Å². The summed E-state index contributed by atoms with van der Waals surface area (Å²) in [6, 6.07) is 0. The molecule has 1 aliphatic carbocycles. The first-order valence-corrected chi connectivity index (χ1v) is 6.82. The predicted octanol–water partition coefficient (Wildman–Crippen LogP) is 4.75. The van der Waals surface area contributed by atoms with Crippen molar-refractivity contribution < 1.29 is 4.79 Å². The number of ketones is 1. The van der Waals surface area contributed by atoms with E-state index in [-0.39, 0.29) is 0 Å². The lowest BCUT2D eigenvalue weighted by Crippen LogP contribution is -1.99. The largest absolute Gasteiger partial charge is 0.295 e. The minimum atomic E-state index is 0.323. The van der Waals surface area contributed by atoms with Crippen molar-refractivity contribution in [3.8, 4) is 0 Å². The summed E-state index contributed by atoms with van der Waals surface area (Å²) in [6.07, 6.45) is 19.3. The van der Waals surface area contributed by atoms with Crippen LogP contribution in [0.15, 0.2) is 36.0 Å². The molecule has 0 heterocycles. The van der Waals surface area contributed by atoms with Gasteiger partial charge in [0.25, 0.3) is 0 Å². The van der Waals surface area contributed by atoms with E-state index in [1.807, 2.05) is 6.92 Å². The molecule has 0 saturated heterocycles. The lowest BCUT2D eigenvalue weighted by atomic mass is 10.0. The molecule has 17 heavy (non-hydrogen) atoms. The lowest BCUT2D eigenvalue weighted by Gasteiger charge is -2.00. The average Bonchev–Trinajstić information content (AvgIpc) is 2.34. The highest BCUT2D eigenvalue weighted by molar-refractivity contribution is 5.94. The van der Waals surface area contributed by atoms with Crippen LogP contribution in [0.4, 0.5) is 0 Å². The molecule has 0 saturated carbocycles. The van der Waals surface area contributed by atoms with Gasteiger partial charge < -0.3 is 0 Å². The van der Waals surface area contributed by atoms with Crippen molar-refractivity contribution in [3.63, 3.8) is 0 Å². The van der Waals surface area contributed by atoms with Crippen molar-refractivity contribution in [2.24, 2.45) is 0 Å². The van der Waals surface area contributed by atoms with Crippen LogP contribution in [0.1, 0.15) is 58.3 Å². The number of allylic oxidation sites excluding steroid dienone is 6. The highest BCUT2D eigenvalue weighted by Crippen LogP contribution is 2.10.